The van der Waals surface area contributed by atoms with Gasteiger partial charge in [0, 0.05) is 19.8 Å². The molecule has 0 rings (SSSR count). The highest BCUT2D eigenvalue weighted by molar-refractivity contribution is 4.40. The molecule has 0 heterocycles. The van der Waals surface area contributed by atoms with Crippen LogP contribution in [0, 0.1) is 6.92 Å². The predicted octanol–water partition coefficient (Wildman–Crippen LogP) is 1.02. The largest absolute Gasteiger partial charge is 0.394 e. The van der Waals surface area contributed by atoms with Crippen LogP contribution in [0.3, 0.4) is 0 Å². The van der Waals surface area contributed by atoms with Gasteiger partial charge in [-0.25, -0.2) is 0 Å². The van der Waals surface area contributed by atoms with Crippen molar-refractivity contribution >= 4 is 0 Å². The van der Waals surface area contributed by atoms with Crippen molar-refractivity contribution in [3.8, 4) is 0 Å². The number of aliphatic hydroxyl groups excluding tert-OH is 1. The second-order valence-electron chi connectivity index (χ2n) is 2.51. The van der Waals surface area contributed by atoms with Crippen LogP contribution in [0.25, 0.3) is 0 Å². The summed E-state index contributed by atoms with van der Waals surface area (Å²) in [5.74, 6) is 0. The van der Waals surface area contributed by atoms with Gasteiger partial charge in [-0.1, -0.05) is 13.3 Å². The average Bonchev–Trinajstić information content (AvgIpc) is 2.10. The van der Waals surface area contributed by atoms with Gasteiger partial charge in [0.15, 0.2) is 0 Å². The zero-order chi connectivity index (χ0) is 9.07. The molecule has 0 aliphatic carbocycles. The molecule has 0 saturated heterocycles. The highest BCUT2D eigenvalue weighted by atomic mass is 16.5. The van der Waals surface area contributed by atoms with E-state index in [0.29, 0.717) is 13.2 Å². The van der Waals surface area contributed by atoms with Gasteiger partial charge in [0.05, 0.1) is 13.2 Å². The molecule has 0 aliphatic rings. The Balaban J connectivity index is 2.73. The Morgan fingerprint density at radius 1 is 0.917 bits per heavy atom. The molecule has 0 aromatic rings. The Labute approximate surface area is 74.7 Å². The summed E-state index contributed by atoms with van der Waals surface area (Å²) in [4.78, 5) is 0. The summed E-state index contributed by atoms with van der Waals surface area (Å²) in [6.07, 6.45) is 2.86. The molecular weight excluding hydrogens is 156 g/mol. The first-order chi connectivity index (χ1) is 5.91. The molecule has 0 unspecified atom stereocenters. The Bertz CT molecular complexity index is 66.2. The van der Waals surface area contributed by atoms with Crippen LogP contribution in [0.15, 0.2) is 0 Å². The van der Waals surface area contributed by atoms with E-state index in [4.69, 9.17) is 14.6 Å². The van der Waals surface area contributed by atoms with Gasteiger partial charge in [0.25, 0.3) is 0 Å². The maximum Gasteiger partial charge on any atom is 0.0697 e. The molecule has 0 spiro atoms. The zero-order valence-corrected chi connectivity index (χ0v) is 7.63. The maximum absolute atomic E-state index is 8.38. The fourth-order valence-corrected chi connectivity index (χ4v) is 0.736. The number of hydrogen-bond acceptors (Lipinski definition) is 3. The van der Waals surface area contributed by atoms with E-state index in [9.17, 15) is 0 Å². The second kappa shape index (κ2) is 10.9. The molecule has 3 nitrogen and oxygen atoms in total. The van der Waals surface area contributed by atoms with Crippen molar-refractivity contribution in [2.75, 3.05) is 33.0 Å². The van der Waals surface area contributed by atoms with Crippen LogP contribution < -0.4 is 0 Å². The third-order valence-corrected chi connectivity index (χ3v) is 1.35. The van der Waals surface area contributed by atoms with Crippen molar-refractivity contribution in [2.45, 2.75) is 19.3 Å². The van der Waals surface area contributed by atoms with Crippen molar-refractivity contribution in [3.05, 3.63) is 6.92 Å². The number of hydrogen-bond donors (Lipinski definition) is 1. The summed E-state index contributed by atoms with van der Waals surface area (Å²) in [6, 6.07) is 0. The lowest BCUT2D eigenvalue weighted by Gasteiger charge is -2.03. The summed E-state index contributed by atoms with van der Waals surface area (Å²) in [5.41, 5.74) is 0. The Morgan fingerprint density at radius 3 is 2.08 bits per heavy atom. The van der Waals surface area contributed by atoms with E-state index in [1.54, 1.807) is 0 Å². The summed E-state index contributed by atoms with van der Waals surface area (Å²) in [5, 5.41) is 8.38. The van der Waals surface area contributed by atoms with Crippen molar-refractivity contribution in [1.82, 2.24) is 0 Å². The Kier molecular flexibility index (Phi) is 10.8. The molecule has 0 aromatic carbocycles. The van der Waals surface area contributed by atoms with E-state index in [1.807, 2.05) is 0 Å². The van der Waals surface area contributed by atoms with E-state index >= 15 is 0 Å². The SMILES string of the molecule is [CH2]CCCOCCCOCCO. The van der Waals surface area contributed by atoms with E-state index in [2.05, 4.69) is 6.92 Å². The minimum Gasteiger partial charge on any atom is -0.394 e. The van der Waals surface area contributed by atoms with Crippen molar-refractivity contribution in [1.29, 1.82) is 0 Å². The van der Waals surface area contributed by atoms with Gasteiger partial charge in [0.2, 0.25) is 0 Å². The summed E-state index contributed by atoms with van der Waals surface area (Å²) in [7, 11) is 0. The lowest BCUT2D eigenvalue weighted by Crippen LogP contribution is -2.04. The molecule has 0 aromatic heterocycles. The fraction of sp³-hybridized carbons (Fsp3) is 0.889. The number of ether oxygens (including phenoxy) is 2. The maximum atomic E-state index is 8.38. The lowest BCUT2D eigenvalue weighted by molar-refractivity contribution is 0.0635. The fourth-order valence-electron chi connectivity index (χ4n) is 0.736. The first kappa shape index (κ1) is 11.9. The van der Waals surface area contributed by atoms with E-state index in [0.717, 1.165) is 32.5 Å². The molecule has 1 radical (unpaired) electrons. The molecule has 0 fully saturated rings. The molecule has 0 saturated carbocycles. The standard InChI is InChI=1S/C9H19O3/c1-2-3-6-11-7-4-8-12-9-5-10/h10H,1-9H2. The quantitative estimate of drug-likeness (QED) is 0.532. The summed E-state index contributed by atoms with van der Waals surface area (Å²) >= 11 is 0. The van der Waals surface area contributed by atoms with Crippen LogP contribution in [0.4, 0.5) is 0 Å². The van der Waals surface area contributed by atoms with Gasteiger partial charge in [-0.3, -0.25) is 0 Å². The molecule has 0 bridgehead atoms. The van der Waals surface area contributed by atoms with Crippen LogP contribution in [0.1, 0.15) is 19.3 Å². The molecule has 0 amide bonds. The minimum absolute atomic E-state index is 0.0996. The third-order valence-electron chi connectivity index (χ3n) is 1.35. The minimum atomic E-state index is 0.0996. The van der Waals surface area contributed by atoms with Crippen LogP contribution in [-0.4, -0.2) is 38.1 Å². The smallest absolute Gasteiger partial charge is 0.0697 e. The normalized spacial score (nSPS) is 10.5. The molecular formula is C9H19O3. The number of unbranched alkanes of at least 4 members (excludes halogenated alkanes) is 1. The van der Waals surface area contributed by atoms with Crippen LogP contribution in [0.5, 0.6) is 0 Å². The summed E-state index contributed by atoms with van der Waals surface area (Å²) in [6.45, 7) is 6.45. The van der Waals surface area contributed by atoms with Gasteiger partial charge in [-0.05, 0) is 12.8 Å². The van der Waals surface area contributed by atoms with Crippen molar-refractivity contribution < 1.29 is 14.6 Å². The molecule has 1 N–H and O–H groups in total. The Hall–Kier alpha value is -0.120. The van der Waals surface area contributed by atoms with Gasteiger partial charge >= 0.3 is 0 Å². The highest BCUT2D eigenvalue weighted by Crippen LogP contribution is 1.89. The van der Waals surface area contributed by atoms with Gasteiger partial charge in [-0.15, -0.1) is 0 Å². The number of aliphatic hydroxyl groups is 1. The van der Waals surface area contributed by atoms with Crippen LogP contribution in [0.2, 0.25) is 0 Å². The molecule has 0 atom stereocenters. The molecule has 73 valence electrons. The first-order valence-corrected chi connectivity index (χ1v) is 4.47. The van der Waals surface area contributed by atoms with E-state index < -0.39 is 0 Å². The van der Waals surface area contributed by atoms with Gasteiger partial charge < -0.3 is 14.6 Å². The Morgan fingerprint density at radius 2 is 1.50 bits per heavy atom. The summed E-state index contributed by atoms with van der Waals surface area (Å²) < 4.78 is 10.3. The van der Waals surface area contributed by atoms with Crippen molar-refractivity contribution in [3.63, 3.8) is 0 Å². The van der Waals surface area contributed by atoms with Crippen LogP contribution >= 0.6 is 0 Å². The second-order valence-corrected chi connectivity index (χ2v) is 2.51. The zero-order valence-electron chi connectivity index (χ0n) is 7.63. The predicted molar refractivity (Wildman–Crippen MR) is 47.9 cm³/mol. The average molecular weight is 175 g/mol. The topological polar surface area (TPSA) is 38.7 Å². The first-order valence-electron chi connectivity index (χ1n) is 4.47. The van der Waals surface area contributed by atoms with Gasteiger partial charge in [-0.2, -0.15) is 0 Å². The lowest BCUT2D eigenvalue weighted by atomic mass is 10.4. The molecule has 0 aliphatic heterocycles. The van der Waals surface area contributed by atoms with Crippen molar-refractivity contribution in [2.24, 2.45) is 0 Å². The van der Waals surface area contributed by atoms with Crippen LogP contribution in [-0.2, 0) is 9.47 Å². The van der Waals surface area contributed by atoms with Gasteiger partial charge in [0.1, 0.15) is 0 Å². The highest BCUT2D eigenvalue weighted by Gasteiger charge is 1.89. The number of rotatable bonds is 9. The third kappa shape index (κ3) is 9.88. The van der Waals surface area contributed by atoms with E-state index in [-0.39, 0.29) is 6.61 Å². The monoisotopic (exact) mass is 175 g/mol. The molecule has 12 heavy (non-hydrogen) atoms. The molecule has 3 heteroatoms. The van der Waals surface area contributed by atoms with E-state index in [1.165, 1.54) is 0 Å².